The lowest BCUT2D eigenvalue weighted by atomic mass is 10.1. The van der Waals surface area contributed by atoms with Crippen molar-refractivity contribution in [2.75, 3.05) is 21.9 Å². The minimum absolute atomic E-state index is 0.00581. The van der Waals surface area contributed by atoms with E-state index >= 15 is 0 Å². The number of hydrazine groups is 1. The molecule has 7 nitrogen and oxygen atoms in total. The van der Waals surface area contributed by atoms with Crippen LogP contribution < -0.4 is 21.9 Å². The van der Waals surface area contributed by atoms with E-state index in [2.05, 4.69) is 26.1 Å². The number of nitrogen functional groups attached to an aromatic ring is 1. The van der Waals surface area contributed by atoms with Gasteiger partial charge in [0.05, 0.1) is 5.69 Å². The summed E-state index contributed by atoms with van der Waals surface area (Å²) in [7, 11) is 0. The molecule has 0 unspecified atom stereocenters. The molecule has 7 heteroatoms. The third-order valence-corrected chi connectivity index (χ3v) is 3.51. The SMILES string of the molecule is CC(=O)c1cccc(Nc2ncnc(NNc3ccccc3)c2N)c1. The highest BCUT2D eigenvalue weighted by Gasteiger charge is 2.09. The Morgan fingerprint density at radius 3 is 2.40 bits per heavy atom. The van der Waals surface area contributed by atoms with E-state index in [9.17, 15) is 4.79 Å². The van der Waals surface area contributed by atoms with Crippen LogP contribution in [0.5, 0.6) is 0 Å². The predicted octanol–water partition coefficient (Wildman–Crippen LogP) is 3.44. The second kappa shape index (κ2) is 7.31. The van der Waals surface area contributed by atoms with E-state index in [4.69, 9.17) is 5.73 Å². The first-order valence-corrected chi connectivity index (χ1v) is 7.69. The van der Waals surface area contributed by atoms with Crippen molar-refractivity contribution in [2.24, 2.45) is 0 Å². The normalized spacial score (nSPS) is 10.1. The van der Waals surface area contributed by atoms with Gasteiger partial charge in [-0.25, -0.2) is 9.97 Å². The highest BCUT2D eigenvalue weighted by Crippen LogP contribution is 2.26. The van der Waals surface area contributed by atoms with E-state index in [0.29, 0.717) is 22.9 Å². The van der Waals surface area contributed by atoms with Crippen LogP contribution in [0.4, 0.5) is 28.7 Å². The third-order valence-electron chi connectivity index (χ3n) is 3.51. The molecule has 1 aromatic heterocycles. The standard InChI is InChI=1S/C18H18N6O/c1-12(25)13-6-5-9-15(10-13)22-17-16(19)18(21-11-20-17)24-23-14-7-3-2-4-8-14/h2-11,23H,19H2,1H3,(H2,20,21,22,24). The number of nitrogens with one attached hydrogen (secondary N) is 3. The van der Waals surface area contributed by atoms with Crippen molar-refractivity contribution in [1.29, 1.82) is 0 Å². The van der Waals surface area contributed by atoms with E-state index in [-0.39, 0.29) is 5.78 Å². The van der Waals surface area contributed by atoms with Crippen LogP contribution >= 0.6 is 0 Å². The molecule has 0 spiro atoms. The van der Waals surface area contributed by atoms with E-state index in [1.807, 2.05) is 36.4 Å². The number of nitrogens with zero attached hydrogens (tertiary/aromatic N) is 2. The van der Waals surface area contributed by atoms with Gasteiger partial charge in [-0.2, -0.15) is 0 Å². The molecule has 3 rings (SSSR count). The first-order chi connectivity index (χ1) is 12.1. The lowest BCUT2D eigenvalue weighted by Crippen LogP contribution is -2.13. The number of hydrogen-bond donors (Lipinski definition) is 4. The molecule has 3 aromatic rings. The lowest BCUT2D eigenvalue weighted by Gasteiger charge is -2.14. The molecule has 5 N–H and O–H groups in total. The average Bonchev–Trinajstić information content (AvgIpc) is 2.63. The number of Topliss-reactive ketones (excluding diaryl/α,β-unsaturated/α-hetero) is 1. The van der Waals surface area contributed by atoms with Crippen LogP contribution in [-0.4, -0.2) is 15.8 Å². The molecule has 0 aliphatic carbocycles. The fourth-order valence-corrected chi connectivity index (χ4v) is 2.20. The van der Waals surface area contributed by atoms with Crippen LogP contribution in [0.2, 0.25) is 0 Å². The summed E-state index contributed by atoms with van der Waals surface area (Å²) in [5, 5.41) is 3.11. The van der Waals surface area contributed by atoms with Gasteiger partial charge < -0.3 is 11.1 Å². The number of para-hydroxylation sites is 1. The molecule has 0 aliphatic heterocycles. The Kier molecular flexibility index (Phi) is 4.75. The monoisotopic (exact) mass is 334 g/mol. The van der Waals surface area contributed by atoms with Crippen LogP contribution in [0.15, 0.2) is 60.9 Å². The first-order valence-electron chi connectivity index (χ1n) is 7.69. The van der Waals surface area contributed by atoms with Crippen molar-refractivity contribution in [1.82, 2.24) is 9.97 Å². The molecule has 0 radical (unpaired) electrons. The Labute approximate surface area is 145 Å². The summed E-state index contributed by atoms with van der Waals surface area (Å²) in [6.07, 6.45) is 1.41. The highest BCUT2D eigenvalue weighted by atomic mass is 16.1. The molecular formula is C18H18N6O. The zero-order valence-corrected chi connectivity index (χ0v) is 13.7. The molecule has 0 saturated heterocycles. The molecule has 0 amide bonds. The second-order valence-electron chi connectivity index (χ2n) is 5.36. The zero-order chi connectivity index (χ0) is 17.6. The summed E-state index contributed by atoms with van der Waals surface area (Å²) >= 11 is 0. The number of nitrogens with two attached hydrogens (primary N) is 1. The van der Waals surface area contributed by atoms with Crippen LogP contribution in [-0.2, 0) is 0 Å². The van der Waals surface area contributed by atoms with Crippen molar-refractivity contribution in [3.8, 4) is 0 Å². The number of benzene rings is 2. The minimum atomic E-state index is -0.00581. The topological polar surface area (TPSA) is 105 Å². The smallest absolute Gasteiger partial charge is 0.173 e. The average molecular weight is 334 g/mol. The molecular weight excluding hydrogens is 316 g/mol. The number of rotatable bonds is 6. The molecule has 0 aliphatic rings. The summed E-state index contributed by atoms with van der Waals surface area (Å²) in [5.41, 5.74) is 14.7. The van der Waals surface area contributed by atoms with Gasteiger partial charge in [-0.05, 0) is 31.2 Å². The number of ketones is 1. The Bertz CT molecular complexity index is 882. The lowest BCUT2D eigenvalue weighted by molar-refractivity contribution is 0.101. The molecule has 126 valence electrons. The number of anilines is 5. The molecule has 25 heavy (non-hydrogen) atoms. The Hall–Kier alpha value is -3.61. The zero-order valence-electron chi connectivity index (χ0n) is 13.7. The first kappa shape index (κ1) is 16.3. The summed E-state index contributed by atoms with van der Waals surface area (Å²) in [6, 6.07) is 16.7. The number of hydrogen-bond acceptors (Lipinski definition) is 7. The van der Waals surface area contributed by atoms with Crippen LogP contribution in [0, 0.1) is 0 Å². The molecule has 1 heterocycles. The van der Waals surface area contributed by atoms with Crippen LogP contribution in [0.1, 0.15) is 17.3 Å². The number of carbonyl (C=O) groups excluding carboxylic acids is 1. The fourth-order valence-electron chi connectivity index (χ4n) is 2.20. The van der Waals surface area contributed by atoms with Crippen molar-refractivity contribution >= 4 is 34.5 Å². The number of aromatic nitrogens is 2. The van der Waals surface area contributed by atoms with E-state index < -0.39 is 0 Å². The molecule has 0 fully saturated rings. The Morgan fingerprint density at radius 1 is 0.920 bits per heavy atom. The minimum Gasteiger partial charge on any atom is -0.393 e. The van der Waals surface area contributed by atoms with Crippen molar-refractivity contribution in [3.63, 3.8) is 0 Å². The maximum Gasteiger partial charge on any atom is 0.173 e. The second-order valence-corrected chi connectivity index (χ2v) is 5.36. The predicted molar refractivity (Wildman–Crippen MR) is 99.9 cm³/mol. The van der Waals surface area contributed by atoms with Gasteiger partial charge in [0, 0.05) is 11.3 Å². The van der Waals surface area contributed by atoms with Gasteiger partial charge in [-0.3, -0.25) is 15.6 Å². The van der Waals surface area contributed by atoms with Gasteiger partial charge >= 0.3 is 0 Å². The van der Waals surface area contributed by atoms with E-state index in [1.54, 1.807) is 18.2 Å². The van der Waals surface area contributed by atoms with E-state index in [0.717, 1.165) is 11.4 Å². The van der Waals surface area contributed by atoms with Gasteiger partial charge in [-0.15, -0.1) is 0 Å². The largest absolute Gasteiger partial charge is 0.393 e. The summed E-state index contributed by atoms with van der Waals surface area (Å²) in [4.78, 5) is 19.8. The number of carbonyl (C=O) groups is 1. The van der Waals surface area contributed by atoms with Crippen LogP contribution in [0.3, 0.4) is 0 Å². The van der Waals surface area contributed by atoms with Crippen molar-refractivity contribution < 1.29 is 4.79 Å². The van der Waals surface area contributed by atoms with E-state index in [1.165, 1.54) is 13.3 Å². The van der Waals surface area contributed by atoms with Gasteiger partial charge in [-0.1, -0.05) is 30.3 Å². The molecule has 2 aromatic carbocycles. The summed E-state index contributed by atoms with van der Waals surface area (Å²) in [6.45, 7) is 1.52. The molecule has 0 saturated carbocycles. The van der Waals surface area contributed by atoms with Crippen molar-refractivity contribution in [3.05, 3.63) is 66.5 Å². The van der Waals surface area contributed by atoms with Crippen molar-refractivity contribution in [2.45, 2.75) is 6.92 Å². The Morgan fingerprint density at radius 2 is 1.64 bits per heavy atom. The quantitative estimate of drug-likeness (QED) is 0.404. The fraction of sp³-hybridized carbons (Fsp3) is 0.0556. The molecule has 0 atom stereocenters. The van der Waals surface area contributed by atoms with Gasteiger partial charge in [0.25, 0.3) is 0 Å². The maximum absolute atomic E-state index is 11.5. The van der Waals surface area contributed by atoms with Gasteiger partial charge in [0.2, 0.25) is 0 Å². The van der Waals surface area contributed by atoms with Crippen LogP contribution in [0.25, 0.3) is 0 Å². The van der Waals surface area contributed by atoms with Gasteiger partial charge in [0.15, 0.2) is 17.4 Å². The highest BCUT2D eigenvalue weighted by molar-refractivity contribution is 5.95. The Balaban J connectivity index is 1.77. The summed E-state index contributed by atoms with van der Waals surface area (Å²) < 4.78 is 0. The maximum atomic E-state index is 11.5. The third kappa shape index (κ3) is 4.03. The van der Waals surface area contributed by atoms with Gasteiger partial charge in [0.1, 0.15) is 12.0 Å². The molecule has 0 bridgehead atoms. The summed E-state index contributed by atoms with van der Waals surface area (Å²) in [5.74, 6) is 0.894.